The van der Waals surface area contributed by atoms with Crippen LogP contribution < -0.4 is 5.73 Å². The van der Waals surface area contributed by atoms with E-state index in [0.717, 1.165) is 27.8 Å². The molecule has 1 aromatic carbocycles. The van der Waals surface area contributed by atoms with Crippen molar-refractivity contribution in [2.24, 2.45) is 0 Å². The molecule has 0 atom stereocenters. The van der Waals surface area contributed by atoms with Crippen LogP contribution in [0, 0.1) is 0 Å². The Balaban J connectivity index is 2.34. The number of nitrogen functional groups attached to an aromatic ring is 1. The molecule has 4 heteroatoms. The number of nitrogens with one attached hydrogen (secondary N) is 1. The maximum Gasteiger partial charge on any atom is 0.101 e. The molecule has 0 bridgehead atoms. The minimum absolute atomic E-state index is 0.737. The van der Waals surface area contributed by atoms with E-state index in [1.54, 1.807) is 11.3 Å². The molecule has 0 saturated carbocycles. The molecule has 15 heavy (non-hydrogen) atoms. The minimum atomic E-state index is 0.737. The smallest absolute Gasteiger partial charge is 0.101 e. The molecule has 0 fully saturated rings. The van der Waals surface area contributed by atoms with Gasteiger partial charge in [-0.3, -0.25) is 5.10 Å². The Morgan fingerprint density at radius 3 is 3.00 bits per heavy atom. The number of H-pyrrole nitrogens is 1. The number of hydrogen-bond acceptors (Lipinski definition) is 3. The van der Waals surface area contributed by atoms with Gasteiger partial charge in [-0.25, -0.2) is 0 Å². The summed E-state index contributed by atoms with van der Waals surface area (Å²) in [6.07, 6.45) is 0. The number of rotatable bonds is 1. The monoisotopic (exact) mass is 215 g/mol. The molecule has 0 aliphatic heterocycles. The Morgan fingerprint density at radius 1 is 1.27 bits per heavy atom. The predicted molar refractivity (Wildman–Crippen MR) is 63.8 cm³/mol. The van der Waals surface area contributed by atoms with Crippen LogP contribution in [0.4, 0.5) is 5.69 Å². The Bertz CT molecular complexity index is 595. The van der Waals surface area contributed by atoms with Crippen LogP contribution in [-0.2, 0) is 0 Å². The molecule has 0 spiro atoms. The fraction of sp³-hybridized carbons (Fsp3) is 0. The maximum atomic E-state index is 5.85. The second kappa shape index (κ2) is 3.10. The minimum Gasteiger partial charge on any atom is -0.397 e. The number of nitrogens with two attached hydrogens (primary N) is 1. The van der Waals surface area contributed by atoms with Crippen molar-refractivity contribution in [1.29, 1.82) is 0 Å². The van der Waals surface area contributed by atoms with Crippen LogP contribution in [0.3, 0.4) is 0 Å². The SMILES string of the molecule is Nc1cccc2c(-c3ccsc3)n[nH]c12. The molecule has 3 nitrogen and oxygen atoms in total. The maximum absolute atomic E-state index is 5.85. The van der Waals surface area contributed by atoms with Crippen molar-refractivity contribution in [2.45, 2.75) is 0 Å². The number of fused-ring (bicyclic) bond motifs is 1. The lowest BCUT2D eigenvalue weighted by Crippen LogP contribution is -1.84. The Kier molecular flexibility index (Phi) is 1.76. The van der Waals surface area contributed by atoms with Crippen LogP contribution in [0.25, 0.3) is 22.2 Å². The molecule has 0 aliphatic carbocycles. The third kappa shape index (κ3) is 1.22. The van der Waals surface area contributed by atoms with Gasteiger partial charge in [0.15, 0.2) is 0 Å². The van der Waals surface area contributed by atoms with Gasteiger partial charge in [0.05, 0.1) is 11.2 Å². The lowest BCUT2D eigenvalue weighted by atomic mass is 10.1. The van der Waals surface area contributed by atoms with Crippen molar-refractivity contribution in [3.05, 3.63) is 35.0 Å². The fourth-order valence-corrected chi connectivity index (χ4v) is 2.32. The highest BCUT2D eigenvalue weighted by molar-refractivity contribution is 7.08. The lowest BCUT2D eigenvalue weighted by Gasteiger charge is -1.95. The topological polar surface area (TPSA) is 54.7 Å². The number of anilines is 1. The number of hydrogen-bond donors (Lipinski definition) is 2. The van der Waals surface area contributed by atoms with E-state index in [2.05, 4.69) is 21.6 Å². The van der Waals surface area contributed by atoms with Crippen molar-refractivity contribution in [3.63, 3.8) is 0 Å². The van der Waals surface area contributed by atoms with Gasteiger partial charge < -0.3 is 5.73 Å². The van der Waals surface area contributed by atoms with Crippen LogP contribution in [0.2, 0.25) is 0 Å². The van der Waals surface area contributed by atoms with Gasteiger partial charge in [0, 0.05) is 16.3 Å². The second-order valence-electron chi connectivity index (χ2n) is 3.35. The molecule has 2 aromatic heterocycles. The van der Waals surface area contributed by atoms with Crippen LogP contribution in [0.1, 0.15) is 0 Å². The van der Waals surface area contributed by atoms with E-state index in [0.29, 0.717) is 0 Å². The standard InChI is InChI=1S/C11H9N3S/c12-9-3-1-2-8-10(13-14-11(8)9)7-4-5-15-6-7/h1-6H,12H2,(H,13,14). The van der Waals surface area contributed by atoms with E-state index in [4.69, 9.17) is 5.73 Å². The molecule has 0 radical (unpaired) electrons. The molecule has 3 rings (SSSR count). The van der Waals surface area contributed by atoms with Crippen LogP contribution >= 0.6 is 11.3 Å². The average Bonchev–Trinajstić information content (AvgIpc) is 2.85. The Hall–Kier alpha value is -1.81. The summed E-state index contributed by atoms with van der Waals surface area (Å²) >= 11 is 1.67. The van der Waals surface area contributed by atoms with E-state index >= 15 is 0 Å². The zero-order valence-electron chi connectivity index (χ0n) is 7.90. The molecule has 3 N–H and O–H groups in total. The number of aromatic amines is 1. The van der Waals surface area contributed by atoms with E-state index in [9.17, 15) is 0 Å². The third-order valence-corrected chi connectivity index (χ3v) is 3.11. The summed E-state index contributed by atoms with van der Waals surface area (Å²) in [5.74, 6) is 0. The van der Waals surface area contributed by atoms with Crippen molar-refractivity contribution in [1.82, 2.24) is 10.2 Å². The summed E-state index contributed by atoms with van der Waals surface area (Å²) < 4.78 is 0. The first kappa shape index (κ1) is 8.49. The van der Waals surface area contributed by atoms with E-state index < -0.39 is 0 Å². The molecule has 0 amide bonds. The van der Waals surface area contributed by atoms with Crippen molar-refractivity contribution < 1.29 is 0 Å². The molecule has 0 unspecified atom stereocenters. The number of nitrogens with zero attached hydrogens (tertiary/aromatic N) is 1. The molecule has 2 heterocycles. The van der Waals surface area contributed by atoms with Gasteiger partial charge in [0.25, 0.3) is 0 Å². The van der Waals surface area contributed by atoms with Crippen molar-refractivity contribution in [3.8, 4) is 11.3 Å². The summed E-state index contributed by atoms with van der Waals surface area (Å²) in [4.78, 5) is 0. The molecule has 74 valence electrons. The van der Waals surface area contributed by atoms with Gasteiger partial charge in [-0.2, -0.15) is 16.4 Å². The highest BCUT2D eigenvalue weighted by atomic mass is 32.1. The summed E-state index contributed by atoms with van der Waals surface area (Å²) in [6, 6.07) is 7.91. The predicted octanol–water partition coefficient (Wildman–Crippen LogP) is 2.87. The zero-order valence-corrected chi connectivity index (χ0v) is 8.71. The van der Waals surface area contributed by atoms with Gasteiger partial charge >= 0.3 is 0 Å². The number of thiophene rings is 1. The molecule has 3 aromatic rings. The highest BCUT2D eigenvalue weighted by Gasteiger charge is 2.09. The van der Waals surface area contributed by atoms with Crippen LogP contribution in [0.15, 0.2) is 35.0 Å². The second-order valence-corrected chi connectivity index (χ2v) is 4.13. The number of benzene rings is 1. The van der Waals surface area contributed by atoms with E-state index in [1.165, 1.54) is 0 Å². The summed E-state index contributed by atoms with van der Waals surface area (Å²) in [5, 5.41) is 12.5. The van der Waals surface area contributed by atoms with E-state index in [1.807, 2.05) is 23.6 Å². The quantitative estimate of drug-likeness (QED) is 0.613. The Morgan fingerprint density at radius 2 is 2.20 bits per heavy atom. The summed E-state index contributed by atoms with van der Waals surface area (Å²) in [5.41, 5.74) is 9.61. The van der Waals surface area contributed by atoms with Gasteiger partial charge in [-0.05, 0) is 17.5 Å². The molecule has 0 aliphatic rings. The first-order chi connectivity index (χ1) is 7.36. The van der Waals surface area contributed by atoms with Gasteiger partial charge in [-0.15, -0.1) is 0 Å². The van der Waals surface area contributed by atoms with Gasteiger partial charge in [0.1, 0.15) is 5.69 Å². The first-order valence-corrected chi connectivity index (χ1v) is 5.55. The number of para-hydroxylation sites is 1. The van der Waals surface area contributed by atoms with Crippen molar-refractivity contribution in [2.75, 3.05) is 5.73 Å². The van der Waals surface area contributed by atoms with Crippen LogP contribution in [0.5, 0.6) is 0 Å². The van der Waals surface area contributed by atoms with Crippen LogP contribution in [-0.4, -0.2) is 10.2 Å². The van der Waals surface area contributed by atoms with E-state index in [-0.39, 0.29) is 0 Å². The van der Waals surface area contributed by atoms with Gasteiger partial charge in [0.2, 0.25) is 0 Å². The summed E-state index contributed by atoms with van der Waals surface area (Å²) in [6.45, 7) is 0. The fourth-order valence-electron chi connectivity index (χ4n) is 1.68. The molecular formula is C11H9N3S. The largest absolute Gasteiger partial charge is 0.397 e. The lowest BCUT2D eigenvalue weighted by molar-refractivity contribution is 1.13. The van der Waals surface area contributed by atoms with Gasteiger partial charge in [-0.1, -0.05) is 12.1 Å². The average molecular weight is 215 g/mol. The summed E-state index contributed by atoms with van der Waals surface area (Å²) in [7, 11) is 0. The highest BCUT2D eigenvalue weighted by Crippen LogP contribution is 2.29. The first-order valence-electron chi connectivity index (χ1n) is 4.61. The molecule has 0 saturated heterocycles. The Labute approximate surface area is 90.5 Å². The zero-order chi connectivity index (χ0) is 10.3. The number of aromatic nitrogens is 2. The molecular weight excluding hydrogens is 206 g/mol. The van der Waals surface area contributed by atoms with Crippen molar-refractivity contribution >= 4 is 27.9 Å². The third-order valence-electron chi connectivity index (χ3n) is 2.43. The normalized spacial score (nSPS) is 10.9.